The molecule has 0 aromatic heterocycles. The molecule has 5 rings (SSSR count). The molecule has 2 aliphatic rings. The van der Waals surface area contributed by atoms with E-state index in [-0.39, 0.29) is 16.7 Å². The number of aromatic hydroxyl groups is 6. The summed E-state index contributed by atoms with van der Waals surface area (Å²) in [5, 5.41) is 103. The number of carboxylic acid groups (broad SMARTS) is 1. The van der Waals surface area contributed by atoms with E-state index in [1.165, 1.54) is 19.1 Å². The smallest absolute Gasteiger partial charge is 0.304 e. The fourth-order valence-electron chi connectivity index (χ4n) is 5.49. The third-order valence-corrected chi connectivity index (χ3v) is 7.85. The van der Waals surface area contributed by atoms with Crippen molar-refractivity contribution in [2.45, 2.75) is 62.2 Å². The van der Waals surface area contributed by atoms with Gasteiger partial charge >= 0.3 is 5.97 Å². The highest BCUT2D eigenvalue weighted by Gasteiger charge is 2.49. The van der Waals surface area contributed by atoms with Crippen molar-refractivity contribution in [3.8, 4) is 40.2 Å². The van der Waals surface area contributed by atoms with Gasteiger partial charge in [-0.25, -0.2) is 0 Å². The molecule has 2 aliphatic heterocycles. The number of phenolic OH excluding ortho intramolecular Hbond substituents is 6. The highest BCUT2D eigenvalue weighted by atomic mass is 16.7. The lowest BCUT2D eigenvalue weighted by Gasteiger charge is -2.42. The molecule has 0 saturated carbocycles. The van der Waals surface area contributed by atoms with Gasteiger partial charge in [-0.1, -0.05) is 12.1 Å². The Morgan fingerprint density at radius 2 is 1.47 bits per heavy atom. The molecule has 15 nitrogen and oxygen atoms in total. The maximum atomic E-state index is 14.1. The minimum absolute atomic E-state index is 0.000856. The lowest BCUT2D eigenvalue weighted by Crippen LogP contribution is -2.59. The summed E-state index contributed by atoms with van der Waals surface area (Å²) in [7, 11) is 0. The number of hydrogen-bond acceptors (Lipinski definition) is 14. The maximum absolute atomic E-state index is 14.1. The van der Waals surface area contributed by atoms with Crippen molar-refractivity contribution < 1.29 is 74.9 Å². The Morgan fingerprint density at radius 3 is 2.09 bits per heavy atom. The van der Waals surface area contributed by atoms with E-state index in [1.54, 1.807) is 0 Å². The van der Waals surface area contributed by atoms with E-state index < -0.39 is 113 Å². The van der Waals surface area contributed by atoms with Crippen LogP contribution >= 0.6 is 0 Å². The molecule has 0 spiro atoms. The zero-order valence-electron chi connectivity index (χ0n) is 23.4. The van der Waals surface area contributed by atoms with Gasteiger partial charge in [0.05, 0.1) is 12.5 Å². The molecule has 0 radical (unpaired) electrons. The van der Waals surface area contributed by atoms with E-state index in [2.05, 4.69) is 0 Å². The van der Waals surface area contributed by atoms with E-state index >= 15 is 0 Å². The van der Waals surface area contributed by atoms with Crippen LogP contribution in [0.2, 0.25) is 0 Å². The first kappa shape index (κ1) is 31.6. The number of fused-ring (bicyclic) bond motifs is 1. The molecule has 45 heavy (non-hydrogen) atoms. The number of hydrogen-bond donors (Lipinski definition) is 10. The second-order valence-electron chi connectivity index (χ2n) is 10.8. The molecule has 1 unspecified atom stereocenters. The highest BCUT2D eigenvalue weighted by Crippen LogP contribution is 2.51. The summed E-state index contributed by atoms with van der Waals surface area (Å²) in [5.74, 6) is -7.96. The number of ether oxygens (including phenoxy) is 3. The van der Waals surface area contributed by atoms with Crippen LogP contribution in [0.15, 0.2) is 42.5 Å². The Morgan fingerprint density at radius 1 is 0.822 bits per heavy atom. The summed E-state index contributed by atoms with van der Waals surface area (Å²) in [6.45, 7) is 1.38. The first-order valence-electron chi connectivity index (χ1n) is 13.6. The first-order valence-corrected chi connectivity index (χ1v) is 13.6. The molecule has 2 heterocycles. The van der Waals surface area contributed by atoms with Crippen LogP contribution in [0.4, 0.5) is 0 Å². The van der Waals surface area contributed by atoms with Gasteiger partial charge in [-0.3, -0.25) is 9.59 Å². The quantitative estimate of drug-likeness (QED) is 0.164. The zero-order valence-corrected chi connectivity index (χ0v) is 23.4. The summed E-state index contributed by atoms with van der Waals surface area (Å²) in [6.07, 6.45) is -12.0. The van der Waals surface area contributed by atoms with E-state index in [0.717, 1.165) is 30.3 Å². The Hall–Kier alpha value is -4.80. The largest absolute Gasteiger partial charge is 0.507 e. The minimum Gasteiger partial charge on any atom is -0.507 e. The van der Waals surface area contributed by atoms with Crippen molar-refractivity contribution in [3.63, 3.8) is 0 Å². The van der Waals surface area contributed by atoms with Crippen molar-refractivity contribution in [2.75, 3.05) is 0 Å². The van der Waals surface area contributed by atoms with E-state index in [4.69, 9.17) is 14.2 Å². The topological polar surface area (TPSA) is 264 Å². The molecule has 1 fully saturated rings. The van der Waals surface area contributed by atoms with Crippen LogP contribution in [0.5, 0.6) is 40.2 Å². The third kappa shape index (κ3) is 5.74. The Bertz CT molecular complexity index is 1640. The van der Waals surface area contributed by atoms with Gasteiger partial charge in [0.1, 0.15) is 41.1 Å². The summed E-state index contributed by atoms with van der Waals surface area (Å²) in [6, 6.07) is 7.55. The van der Waals surface area contributed by atoms with Gasteiger partial charge in [0.15, 0.2) is 41.5 Å². The number of carbonyl (C=O) groups is 2. The molecule has 8 atom stereocenters. The van der Waals surface area contributed by atoms with Gasteiger partial charge in [-0.15, -0.1) is 0 Å². The number of carboxylic acids is 1. The van der Waals surface area contributed by atoms with Crippen molar-refractivity contribution in [2.24, 2.45) is 0 Å². The molecule has 0 bridgehead atoms. The summed E-state index contributed by atoms with van der Waals surface area (Å²) < 4.78 is 17.5. The molecule has 240 valence electrons. The molecule has 0 amide bonds. The van der Waals surface area contributed by atoms with Crippen LogP contribution in [0.25, 0.3) is 0 Å². The first-order chi connectivity index (χ1) is 21.2. The summed E-state index contributed by atoms with van der Waals surface area (Å²) in [4.78, 5) is 26.1. The molecule has 0 aliphatic carbocycles. The number of benzene rings is 3. The van der Waals surface area contributed by atoms with Crippen molar-refractivity contribution in [1.82, 2.24) is 0 Å². The Kier molecular flexibility index (Phi) is 8.39. The Labute approximate surface area is 254 Å². The molecule has 1 saturated heterocycles. The predicted molar refractivity (Wildman–Crippen MR) is 148 cm³/mol. The normalized spacial score (nSPS) is 26.9. The van der Waals surface area contributed by atoms with Crippen LogP contribution in [-0.2, 0) is 14.3 Å². The molecular weight excluding hydrogens is 600 g/mol. The van der Waals surface area contributed by atoms with Crippen molar-refractivity contribution >= 4 is 11.8 Å². The van der Waals surface area contributed by atoms with Gasteiger partial charge in [-0.05, 0) is 42.3 Å². The number of phenols is 6. The van der Waals surface area contributed by atoms with Gasteiger partial charge in [0, 0.05) is 17.5 Å². The number of carbonyl (C=O) groups excluding carboxylic acids is 1. The average Bonchev–Trinajstić information content (AvgIpc) is 2.97. The fraction of sp³-hybridized carbons (Fsp3) is 0.333. The number of aliphatic hydroxyl groups is 3. The van der Waals surface area contributed by atoms with E-state index in [0.29, 0.717) is 0 Å². The third-order valence-electron chi connectivity index (χ3n) is 7.85. The number of rotatable bonds is 7. The number of aliphatic hydroxyl groups excluding tert-OH is 3. The monoisotopic (exact) mass is 630 g/mol. The molecule has 15 heteroatoms. The molecule has 3 aromatic carbocycles. The fourth-order valence-corrected chi connectivity index (χ4v) is 5.49. The van der Waals surface area contributed by atoms with Gasteiger partial charge in [0.25, 0.3) is 0 Å². The minimum atomic E-state index is -1.86. The Balaban J connectivity index is 1.69. The van der Waals surface area contributed by atoms with Crippen LogP contribution in [0, 0.1) is 0 Å². The van der Waals surface area contributed by atoms with Crippen LogP contribution in [-0.4, -0.2) is 99.6 Å². The zero-order chi connectivity index (χ0) is 32.9. The highest BCUT2D eigenvalue weighted by molar-refractivity contribution is 6.06. The van der Waals surface area contributed by atoms with E-state index in [1.807, 2.05) is 0 Å². The number of ketones is 1. The second kappa shape index (κ2) is 11.9. The standard InChI is InChI=1S/C30H30O15/c1-10-23(39)25(41)26(42)30(43-10)45-29-24(40)22-19(36)9-18(35)21(13(8-20(37)38)11-2-4-14(31)16(33)6-11)28(22)44-27(29)12-3-5-15(32)17(34)7-12/h2-7,9-10,13,23,25-27,29-36,39,41-42H,8H2,1H3,(H,37,38)/t10-,13?,23-,25+,26+,27-,29+,30-/m0/s1. The van der Waals surface area contributed by atoms with Gasteiger partial charge < -0.3 is 65.3 Å². The van der Waals surface area contributed by atoms with Gasteiger partial charge in [-0.2, -0.15) is 0 Å². The van der Waals surface area contributed by atoms with Crippen molar-refractivity contribution in [1.29, 1.82) is 0 Å². The summed E-state index contributed by atoms with van der Waals surface area (Å²) >= 11 is 0. The lowest BCUT2D eigenvalue weighted by atomic mass is 9.83. The number of aliphatic carboxylic acids is 1. The van der Waals surface area contributed by atoms with E-state index in [9.17, 15) is 60.7 Å². The molecular formula is C30H30O15. The predicted octanol–water partition coefficient (Wildman–Crippen LogP) is 1.06. The van der Waals surface area contributed by atoms with Crippen LogP contribution < -0.4 is 4.74 Å². The average molecular weight is 631 g/mol. The van der Waals surface area contributed by atoms with Crippen LogP contribution in [0.1, 0.15) is 52.4 Å². The molecule has 10 N–H and O–H groups in total. The summed E-state index contributed by atoms with van der Waals surface area (Å²) in [5.41, 5.74) is -0.788. The second-order valence-corrected chi connectivity index (χ2v) is 10.8. The lowest BCUT2D eigenvalue weighted by molar-refractivity contribution is -0.304. The van der Waals surface area contributed by atoms with Crippen LogP contribution in [0.3, 0.4) is 0 Å². The number of Topliss-reactive ketones (excluding diaryl/α,β-unsaturated/α-hetero) is 1. The van der Waals surface area contributed by atoms with Crippen molar-refractivity contribution in [3.05, 3.63) is 64.7 Å². The van der Waals surface area contributed by atoms with Gasteiger partial charge in [0.2, 0.25) is 5.78 Å². The SMILES string of the molecule is C[C@@H]1O[C@@H](O[C@@H]2C(=O)c3c(O)cc(O)c(C(CC(=O)O)c4ccc(O)c(O)c4)c3O[C@H]2c2ccc(O)c(O)c2)[C@H](O)[C@H](O)[C@H]1O. The maximum Gasteiger partial charge on any atom is 0.304 e. The molecule has 3 aromatic rings.